The van der Waals surface area contributed by atoms with E-state index in [1.54, 1.807) is 7.05 Å². The molecule has 2 aliphatic rings. The molecule has 2 atom stereocenters. The van der Waals surface area contributed by atoms with E-state index in [9.17, 15) is 14.4 Å². The molecule has 190 valence electrons. The van der Waals surface area contributed by atoms with Crippen LogP contribution >= 0.6 is 0 Å². The van der Waals surface area contributed by atoms with Gasteiger partial charge in [-0.3, -0.25) is 14.4 Å². The van der Waals surface area contributed by atoms with Crippen LogP contribution in [0.25, 0.3) is 0 Å². The minimum Gasteiger partial charge on any atom is -0.369 e. The SMILES string of the molecule is CC(C)C[C@@H](C(=O)N(C)C1N=C(c2ccccc2)c2ccccc2NC1=O)C1(C(N)=O)CCCCC1. The summed E-state index contributed by atoms with van der Waals surface area (Å²) >= 11 is 0. The van der Waals surface area contributed by atoms with Gasteiger partial charge < -0.3 is 16.0 Å². The van der Waals surface area contributed by atoms with Crippen molar-refractivity contribution in [2.75, 3.05) is 12.4 Å². The zero-order chi connectivity index (χ0) is 25.9. The van der Waals surface area contributed by atoms with Crippen LogP contribution in [0.3, 0.4) is 0 Å². The van der Waals surface area contributed by atoms with E-state index in [2.05, 4.69) is 5.32 Å². The molecular weight excluding hydrogens is 452 g/mol. The van der Waals surface area contributed by atoms with Gasteiger partial charge in [-0.15, -0.1) is 0 Å². The fourth-order valence-corrected chi connectivity index (χ4v) is 5.68. The highest BCUT2D eigenvalue weighted by Gasteiger charge is 2.50. The number of hydrogen-bond acceptors (Lipinski definition) is 4. The number of rotatable bonds is 7. The molecule has 0 bridgehead atoms. The molecule has 7 heteroatoms. The molecule has 2 aromatic carbocycles. The number of fused-ring (bicyclic) bond motifs is 1. The number of para-hydroxylation sites is 1. The van der Waals surface area contributed by atoms with Gasteiger partial charge in [0.15, 0.2) is 0 Å². The van der Waals surface area contributed by atoms with Crippen molar-refractivity contribution in [1.29, 1.82) is 0 Å². The molecule has 3 amide bonds. The van der Waals surface area contributed by atoms with Crippen LogP contribution in [0.2, 0.25) is 0 Å². The summed E-state index contributed by atoms with van der Waals surface area (Å²) in [6.45, 7) is 4.08. The van der Waals surface area contributed by atoms with E-state index in [0.29, 0.717) is 30.7 Å². The number of anilines is 1. The van der Waals surface area contributed by atoms with E-state index in [4.69, 9.17) is 10.7 Å². The normalized spacial score (nSPS) is 19.9. The largest absolute Gasteiger partial charge is 0.369 e. The quantitative estimate of drug-likeness (QED) is 0.605. The molecule has 7 nitrogen and oxygen atoms in total. The molecule has 0 aromatic heterocycles. The highest BCUT2D eigenvalue weighted by Crippen LogP contribution is 2.46. The average molecular weight is 489 g/mol. The summed E-state index contributed by atoms with van der Waals surface area (Å²) < 4.78 is 0. The lowest BCUT2D eigenvalue weighted by atomic mass is 9.62. The van der Waals surface area contributed by atoms with Gasteiger partial charge in [0.1, 0.15) is 0 Å². The molecule has 0 spiro atoms. The van der Waals surface area contributed by atoms with Crippen LogP contribution in [0, 0.1) is 17.3 Å². The van der Waals surface area contributed by atoms with Crippen LogP contribution in [-0.2, 0) is 14.4 Å². The zero-order valence-corrected chi connectivity index (χ0v) is 21.4. The number of hydrogen-bond donors (Lipinski definition) is 2. The van der Waals surface area contributed by atoms with Gasteiger partial charge in [-0.25, -0.2) is 4.99 Å². The highest BCUT2D eigenvalue weighted by molar-refractivity contribution is 6.19. The summed E-state index contributed by atoms with van der Waals surface area (Å²) in [6.07, 6.45) is 3.40. The number of carbonyl (C=O) groups excluding carboxylic acids is 3. The first-order valence-electron chi connectivity index (χ1n) is 12.8. The predicted octanol–water partition coefficient (Wildman–Crippen LogP) is 4.36. The van der Waals surface area contributed by atoms with Gasteiger partial charge in [-0.2, -0.15) is 0 Å². The van der Waals surface area contributed by atoms with Crippen LogP contribution in [0.1, 0.15) is 63.5 Å². The Bertz CT molecular complexity index is 1150. The number of nitrogens with two attached hydrogens (primary N) is 1. The van der Waals surface area contributed by atoms with Crippen LogP contribution in [0.15, 0.2) is 59.6 Å². The fraction of sp³-hybridized carbons (Fsp3) is 0.448. The van der Waals surface area contributed by atoms with Crippen LogP contribution in [-0.4, -0.2) is 41.5 Å². The number of benzene rings is 2. The molecule has 4 rings (SSSR count). The summed E-state index contributed by atoms with van der Waals surface area (Å²) in [7, 11) is 1.61. The minimum atomic E-state index is -1.08. The van der Waals surface area contributed by atoms with Crippen molar-refractivity contribution in [3.8, 4) is 0 Å². The first-order valence-corrected chi connectivity index (χ1v) is 12.8. The maximum absolute atomic E-state index is 14.1. The molecular formula is C29H36N4O3. The Labute approximate surface area is 213 Å². The van der Waals surface area contributed by atoms with Crippen molar-refractivity contribution in [2.45, 2.75) is 58.5 Å². The Morgan fingerprint density at radius 3 is 2.33 bits per heavy atom. The topological polar surface area (TPSA) is 105 Å². The molecule has 0 radical (unpaired) electrons. The number of likely N-dealkylation sites (N-methyl/N-ethyl adjacent to an activating group) is 1. The lowest BCUT2D eigenvalue weighted by molar-refractivity contribution is -0.152. The number of nitrogens with zero attached hydrogens (tertiary/aromatic N) is 2. The average Bonchev–Trinajstić information content (AvgIpc) is 3.03. The molecule has 2 aromatic rings. The maximum atomic E-state index is 14.1. The summed E-state index contributed by atoms with van der Waals surface area (Å²) in [5, 5.41) is 2.96. The molecule has 1 saturated carbocycles. The van der Waals surface area contributed by atoms with E-state index >= 15 is 0 Å². The fourth-order valence-electron chi connectivity index (χ4n) is 5.68. The van der Waals surface area contributed by atoms with Crippen molar-refractivity contribution in [3.63, 3.8) is 0 Å². The van der Waals surface area contributed by atoms with Gasteiger partial charge in [0.2, 0.25) is 18.0 Å². The number of benzodiazepines with no additional fused rings is 1. The van der Waals surface area contributed by atoms with Crippen LogP contribution in [0.5, 0.6) is 0 Å². The molecule has 36 heavy (non-hydrogen) atoms. The number of primary amides is 1. The lowest BCUT2D eigenvalue weighted by Crippen LogP contribution is -2.54. The van der Waals surface area contributed by atoms with E-state index in [-0.39, 0.29) is 17.7 Å². The third kappa shape index (κ3) is 4.92. The Balaban J connectivity index is 1.76. The number of nitrogens with one attached hydrogen (secondary N) is 1. The standard InChI is InChI=1S/C29H36N4O3/c1-19(2)18-22(29(28(30)36)16-10-5-11-17-29)27(35)33(3)25-26(34)31-23-15-9-8-14-21(23)24(32-25)20-12-6-4-7-13-20/h4,6-9,12-15,19,22,25H,5,10-11,16-18H2,1-3H3,(H2,30,36)(H,31,34)/t22-,25?/m0/s1. The summed E-state index contributed by atoms with van der Waals surface area (Å²) in [5.74, 6) is -1.48. The van der Waals surface area contributed by atoms with Crippen molar-refractivity contribution in [3.05, 3.63) is 65.7 Å². The first kappa shape index (κ1) is 25.6. The van der Waals surface area contributed by atoms with E-state index in [0.717, 1.165) is 30.4 Å². The Morgan fingerprint density at radius 1 is 1.06 bits per heavy atom. The molecule has 3 N–H and O–H groups in total. The molecule has 0 saturated heterocycles. The predicted molar refractivity (Wildman–Crippen MR) is 141 cm³/mol. The van der Waals surface area contributed by atoms with E-state index in [1.165, 1.54) is 4.90 Å². The highest BCUT2D eigenvalue weighted by atomic mass is 16.2. The Hall–Kier alpha value is -3.48. The van der Waals surface area contributed by atoms with Gasteiger partial charge in [0.05, 0.1) is 22.7 Å². The van der Waals surface area contributed by atoms with Crippen molar-refractivity contribution in [2.24, 2.45) is 28.0 Å². The van der Waals surface area contributed by atoms with E-state index < -0.39 is 23.4 Å². The second kappa shape index (κ2) is 10.6. The monoisotopic (exact) mass is 488 g/mol. The zero-order valence-electron chi connectivity index (χ0n) is 21.4. The van der Waals surface area contributed by atoms with Gasteiger partial charge in [-0.05, 0) is 31.2 Å². The van der Waals surface area contributed by atoms with Crippen LogP contribution < -0.4 is 11.1 Å². The van der Waals surface area contributed by atoms with Gasteiger partial charge in [-0.1, -0.05) is 81.6 Å². The van der Waals surface area contributed by atoms with Crippen LogP contribution in [0.4, 0.5) is 5.69 Å². The third-order valence-corrected chi connectivity index (χ3v) is 7.60. The van der Waals surface area contributed by atoms with E-state index in [1.807, 2.05) is 68.4 Å². The number of amides is 3. The molecule has 1 fully saturated rings. The lowest BCUT2D eigenvalue weighted by Gasteiger charge is -2.42. The van der Waals surface area contributed by atoms with Crippen molar-refractivity contribution in [1.82, 2.24) is 4.90 Å². The third-order valence-electron chi connectivity index (χ3n) is 7.60. The Morgan fingerprint density at radius 2 is 1.69 bits per heavy atom. The summed E-state index contributed by atoms with van der Waals surface area (Å²) in [5.41, 5.74) is 8.02. The Kier molecular flexibility index (Phi) is 7.57. The summed E-state index contributed by atoms with van der Waals surface area (Å²) in [4.78, 5) is 46.7. The summed E-state index contributed by atoms with van der Waals surface area (Å²) in [6, 6.07) is 17.1. The number of aliphatic imine (C=N–C) groups is 1. The van der Waals surface area contributed by atoms with Gasteiger partial charge >= 0.3 is 0 Å². The maximum Gasteiger partial charge on any atom is 0.269 e. The van der Waals surface area contributed by atoms with Crippen molar-refractivity contribution < 1.29 is 14.4 Å². The first-order chi connectivity index (χ1) is 17.2. The molecule has 1 aliphatic carbocycles. The van der Waals surface area contributed by atoms with Gasteiger partial charge in [0.25, 0.3) is 5.91 Å². The van der Waals surface area contributed by atoms with Gasteiger partial charge in [0, 0.05) is 18.2 Å². The smallest absolute Gasteiger partial charge is 0.269 e. The number of carbonyl (C=O) groups is 3. The molecule has 1 aliphatic heterocycles. The molecule has 1 heterocycles. The second-order valence-electron chi connectivity index (χ2n) is 10.5. The van der Waals surface area contributed by atoms with Crippen molar-refractivity contribution >= 4 is 29.1 Å². The minimum absolute atomic E-state index is 0.182. The second-order valence-corrected chi connectivity index (χ2v) is 10.5. The molecule has 1 unspecified atom stereocenters.